The molecule has 0 amide bonds. The normalized spacial score (nSPS) is 16.6. The van der Waals surface area contributed by atoms with Crippen LogP contribution < -0.4 is 10.6 Å². The minimum Gasteiger partial charge on any atom is -0.379 e. The zero-order valence-electron chi connectivity index (χ0n) is 17.1. The molecule has 0 saturated carbocycles. The van der Waals surface area contributed by atoms with Gasteiger partial charge in [0.2, 0.25) is 0 Å². The SMILES string of the molecule is CCc1nncn1CCNC(=NC)NCC(c1ccccc1Cl)N1CCOCC1. The molecule has 0 bridgehead atoms. The Morgan fingerprint density at radius 3 is 2.79 bits per heavy atom. The molecule has 2 N–H and O–H groups in total. The third kappa shape index (κ3) is 5.91. The molecule has 0 aliphatic carbocycles. The number of nitrogens with zero attached hydrogens (tertiary/aromatic N) is 5. The van der Waals surface area contributed by atoms with Crippen LogP contribution in [0.1, 0.15) is 24.4 Å². The molecule has 1 unspecified atom stereocenters. The van der Waals surface area contributed by atoms with Gasteiger partial charge >= 0.3 is 0 Å². The van der Waals surface area contributed by atoms with Crippen molar-refractivity contribution in [2.75, 3.05) is 46.4 Å². The topological polar surface area (TPSA) is 79.6 Å². The highest BCUT2D eigenvalue weighted by molar-refractivity contribution is 6.31. The zero-order valence-corrected chi connectivity index (χ0v) is 17.9. The van der Waals surface area contributed by atoms with Gasteiger partial charge in [-0.25, -0.2) is 0 Å². The summed E-state index contributed by atoms with van der Waals surface area (Å²) < 4.78 is 7.58. The van der Waals surface area contributed by atoms with Crippen LogP contribution >= 0.6 is 11.6 Å². The summed E-state index contributed by atoms with van der Waals surface area (Å²) in [5.41, 5.74) is 1.12. The third-order valence-corrected chi connectivity index (χ3v) is 5.44. The highest BCUT2D eigenvalue weighted by Crippen LogP contribution is 2.27. The number of nitrogens with one attached hydrogen (secondary N) is 2. The second-order valence-electron chi connectivity index (χ2n) is 6.86. The van der Waals surface area contributed by atoms with Gasteiger partial charge in [0.25, 0.3) is 0 Å². The van der Waals surface area contributed by atoms with Crippen molar-refractivity contribution >= 4 is 17.6 Å². The Hall–Kier alpha value is -2.16. The number of aliphatic imine (C=N–C) groups is 1. The maximum Gasteiger partial charge on any atom is 0.191 e. The van der Waals surface area contributed by atoms with Crippen LogP contribution in [0.3, 0.4) is 0 Å². The van der Waals surface area contributed by atoms with E-state index in [4.69, 9.17) is 16.3 Å². The van der Waals surface area contributed by atoms with Gasteiger partial charge in [-0.3, -0.25) is 9.89 Å². The first-order valence-corrected chi connectivity index (χ1v) is 10.5. The van der Waals surface area contributed by atoms with Crippen molar-refractivity contribution in [1.82, 2.24) is 30.3 Å². The molecule has 158 valence electrons. The molecule has 1 atom stereocenters. The van der Waals surface area contributed by atoms with Crippen LogP contribution in [-0.2, 0) is 17.7 Å². The zero-order chi connectivity index (χ0) is 20.5. The lowest BCUT2D eigenvalue weighted by atomic mass is 10.0. The summed E-state index contributed by atoms with van der Waals surface area (Å²) >= 11 is 6.51. The lowest BCUT2D eigenvalue weighted by Crippen LogP contribution is -2.46. The maximum atomic E-state index is 6.51. The van der Waals surface area contributed by atoms with Gasteiger partial charge in [-0.05, 0) is 11.6 Å². The van der Waals surface area contributed by atoms with E-state index in [1.807, 2.05) is 18.2 Å². The van der Waals surface area contributed by atoms with E-state index in [0.717, 1.165) is 68.2 Å². The van der Waals surface area contributed by atoms with E-state index >= 15 is 0 Å². The summed E-state index contributed by atoms with van der Waals surface area (Å²) in [7, 11) is 1.78. The minimum absolute atomic E-state index is 0.149. The number of aryl methyl sites for hydroxylation is 1. The van der Waals surface area contributed by atoms with Crippen molar-refractivity contribution in [2.24, 2.45) is 4.99 Å². The fraction of sp³-hybridized carbons (Fsp3) is 0.550. The molecule has 2 aromatic rings. The molecular formula is C20H30ClN7O. The molecule has 1 saturated heterocycles. The molecule has 8 nitrogen and oxygen atoms in total. The largest absolute Gasteiger partial charge is 0.379 e. The highest BCUT2D eigenvalue weighted by atomic mass is 35.5. The molecule has 1 aromatic heterocycles. The van der Waals surface area contributed by atoms with Crippen LogP contribution in [0.4, 0.5) is 0 Å². The summed E-state index contributed by atoms with van der Waals surface area (Å²) in [6, 6.07) is 8.19. The number of halogens is 1. The van der Waals surface area contributed by atoms with Gasteiger partial charge in [0, 0.05) is 51.2 Å². The average Bonchev–Trinajstić information content (AvgIpc) is 3.22. The number of benzene rings is 1. The van der Waals surface area contributed by atoms with Gasteiger partial charge in [-0.15, -0.1) is 10.2 Å². The monoisotopic (exact) mass is 419 g/mol. The summed E-state index contributed by atoms with van der Waals surface area (Å²) in [5.74, 6) is 1.75. The first kappa shape index (κ1) is 21.5. The first-order valence-electron chi connectivity index (χ1n) is 10.1. The quantitative estimate of drug-likeness (QED) is 0.501. The first-order chi connectivity index (χ1) is 14.2. The fourth-order valence-electron chi connectivity index (χ4n) is 3.52. The van der Waals surface area contributed by atoms with Crippen LogP contribution in [0.5, 0.6) is 0 Å². The number of morpholine rings is 1. The van der Waals surface area contributed by atoms with Crippen molar-refractivity contribution in [3.8, 4) is 0 Å². The molecule has 0 radical (unpaired) electrons. The maximum absolute atomic E-state index is 6.51. The molecule has 1 aromatic carbocycles. The Bertz CT molecular complexity index is 789. The Labute approximate surface area is 177 Å². The van der Waals surface area contributed by atoms with Crippen molar-refractivity contribution in [1.29, 1.82) is 0 Å². The van der Waals surface area contributed by atoms with Crippen LogP contribution in [-0.4, -0.2) is 72.1 Å². The predicted octanol–water partition coefficient (Wildman–Crippen LogP) is 1.73. The summed E-state index contributed by atoms with van der Waals surface area (Å²) in [6.45, 7) is 7.56. The standard InChI is InChI=1S/C20H30ClN7O/c1-3-19-26-25-15-28(19)9-8-23-20(22-2)24-14-18(27-10-12-29-13-11-27)16-6-4-5-7-17(16)21/h4-7,15,18H,3,8-14H2,1-2H3,(H2,22,23,24). The number of ether oxygens (including phenoxy) is 1. The van der Waals surface area contributed by atoms with Crippen LogP contribution in [0.2, 0.25) is 5.02 Å². The molecule has 1 aliphatic heterocycles. The van der Waals surface area contributed by atoms with Gasteiger partial charge in [0.15, 0.2) is 5.96 Å². The Balaban J connectivity index is 1.59. The second-order valence-corrected chi connectivity index (χ2v) is 7.27. The van der Waals surface area contributed by atoms with E-state index in [-0.39, 0.29) is 6.04 Å². The lowest BCUT2D eigenvalue weighted by molar-refractivity contribution is 0.0170. The van der Waals surface area contributed by atoms with Gasteiger partial charge in [-0.1, -0.05) is 36.7 Å². The van der Waals surface area contributed by atoms with E-state index in [9.17, 15) is 0 Å². The molecular weight excluding hydrogens is 390 g/mol. The van der Waals surface area contributed by atoms with Gasteiger partial charge in [0.05, 0.1) is 19.3 Å². The molecule has 29 heavy (non-hydrogen) atoms. The molecule has 9 heteroatoms. The van der Waals surface area contributed by atoms with Gasteiger partial charge in [0.1, 0.15) is 12.2 Å². The van der Waals surface area contributed by atoms with E-state index in [1.54, 1.807) is 13.4 Å². The molecule has 2 heterocycles. The Morgan fingerprint density at radius 1 is 1.28 bits per heavy atom. The molecule has 1 aliphatic rings. The molecule has 0 spiro atoms. The third-order valence-electron chi connectivity index (χ3n) is 5.09. The van der Waals surface area contributed by atoms with Gasteiger partial charge < -0.3 is 19.9 Å². The van der Waals surface area contributed by atoms with E-state index in [1.165, 1.54) is 0 Å². The summed E-state index contributed by atoms with van der Waals surface area (Å²) in [4.78, 5) is 6.77. The summed E-state index contributed by atoms with van der Waals surface area (Å²) in [5, 5.41) is 15.7. The number of aromatic nitrogens is 3. The summed E-state index contributed by atoms with van der Waals surface area (Å²) in [6.07, 6.45) is 2.63. The van der Waals surface area contributed by atoms with Crippen molar-refractivity contribution in [3.05, 3.63) is 47.0 Å². The van der Waals surface area contributed by atoms with E-state index < -0.39 is 0 Å². The molecule has 3 rings (SSSR count). The van der Waals surface area contributed by atoms with E-state index in [0.29, 0.717) is 6.54 Å². The van der Waals surface area contributed by atoms with Crippen LogP contribution in [0, 0.1) is 0 Å². The van der Waals surface area contributed by atoms with Crippen molar-refractivity contribution in [3.63, 3.8) is 0 Å². The highest BCUT2D eigenvalue weighted by Gasteiger charge is 2.24. The molecule has 1 fully saturated rings. The smallest absolute Gasteiger partial charge is 0.191 e. The van der Waals surface area contributed by atoms with E-state index in [2.05, 4.69) is 48.3 Å². The number of hydrogen-bond donors (Lipinski definition) is 2. The number of rotatable bonds is 8. The van der Waals surface area contributed by atoms with Crippen molar-refractivity contribution < 1.29 is 4.74 Å². The fourth-order valence-corrected chi connectivity index (χ4v) is 3.78. The van der Waals surface area contributed by atoms with Gasteiger partial charge in [-0.2, -0.15) is 0 Å². The van der Waals surface area contributed by atoms with Crippen LogP contribution in [0.15, 0.2) is 35.6 Å². The predicted molar refractivity (Wildman–Crippen MR) is 115 cm³/mol. The number of guanidine groups is 1. The average molecular weight is 420 g/mol. The minimum atomic E-state index is 0.149. The van der Waals surface area contributed by atoms with Crippen molar-refractivity contribution in [2.45, 2.75) is 25.9 Å². The Kier molecular flexibility index (Phi) is 8.27. The lowest BCUT2D eigenvalue weighted by Gasteiger charge is -2.35. The Morgan fingerprint density at radius 2 is 2.07 bits per heavy atom. The van der Waals surface area contributed by atoms with Crippen LogP contribution in [0.25, 0.3) is 0 Å². The second kappa shape index (κ2) is 11.1. The number of hydrogen-bond acceptors (Lipinski definition) is 5.